The summed E-state index contributed by atoms with van der Waals surface area (Å²) in [4.78, 5) is 1.37. The second-order valence-corrected chi connectivity index (χ2v) is 14.7. The van der Waals surface area contributed by atoms with Crippen LogP contribution in [0.3, 0.4) is 0 Å². The molecule has 10 aromatic carbocycles. The number of hydrogen-bond donors (Lipinski definition) is 0. The van der Waals surface area contributed by atoms with Gasteiger partial charge in [0.1, 0.15) is 11.2 Å². The zero-order chi connectivity index (χ0) is 45.8. The van der Waals surface area contributed by atoms with Crippen molar-refractivity contribution in [3.8, 4) is 27.9 Å². The van der Waals surface area contributed by atoms with E-state index in [0.717, 1.165) is 49.0 Å². The van der Waals surface area contributed by atoms with E-state index in [1.165, 1.54) is 4.90 Å². The van der Waals surface area contributed by atoms with Gasteiger partial charge in [0.15, 0.2) is 0 Å². The van der Waals surface area contributed by atoms with E-state index in [-0.39, 0.29) is 46.7 Å². The zero-order valence-electron chi connectivity index (χ0n) is 39.5. The van der Waals surface area contributed by atoms with Gasteiger partial charge in [-0.25, -0.2) is 0 Å². The number of benzene rings is 10. The number of rotatable bonds is 6. The zero-order valence-corrected chi connectivity index (χ0v) is 31.5. The lowest BCUT2D eigenvalue weighted by molar-refractivity contribution is 0.672. The Bertz CT molecular complexity index is 3950. The topological polar surface area (TPSA) is 21.3 Å². The number of aromatic nitrogens is 1. The fraction of sp³-hybridized carbons (Fsp3) is 0. The fourth-order valence-corrected chi connectivity index (χ4v) is 8.54. The van der Waals surface area contributed by atoms with Crippen molar-refractivity contribution in [2.75, 3.05) is 4.90 Å². The summed E-state index contributed by atoms with van der Waals surface area (Å²) < 4.78 is 86.2. The summed E-state index contributed by atoms with van der Waals surface area (Å²) in [5.74, 6) is 0. The van der Waals surface area contributed by atoms with Crippen LogP contribution in [-0.4, -0.2) is 4.57 Å². The number of anilines is 3. The van der Waals surface area contributed by atoms with Gasteiger partial charge in [0.05, 0.1) is 33.1 Å². The largest absolute Gasteiger partial charge is 0.455 e. The summed E-state index contributed by atoms with van der Waals surface area (Å²) in [5.41, 5.74) is 4.74. The lowest BCUT2D eigenvalue weighted by Gasteiger charge is -2.26. The highest BCUT2D eigenvalue weighted by Gasteiger charge is 2.21. The standard InChI is InChI=1S/C56H36N2O/c1-2-13-41-35-43(24-23-37(41)11-1)39-27-32-45(33-28-39)57(53-21-10-22-54-55(53)50-34-29-40-12-3-4-16-47(40)56(50)59-54)44-30-25-38(26-31-44)42-14-9-15-46(36-42)58-51-19-7-5-17-48(51)49-18-6-8-20-52(49)58/h1-36H/i25D,26D,27D,28D,30D,31D,32D,33D. The Hall–Kier alpha value is -7.88. The van der Waals surface area contributed by atoms with Gasteiger partial charge in [-0.2, -0.15) is 0 Å². The Labute approximate surface area is 352 Å². The molecule has 0 radical (unpaired) electrons. The summed E-state index contributed by atoms with van der Waals surface area (Å²) in [6, 6.07) is 50.9. The third kappa shape index (κ3) is 5.44. The van der Waals surface area contributed by atoms with Crippen molar-refractivity contribution in [2.24, 2.45) is 0 Å². The number of fused-ring (bicyclic) bond motifs is 9. The van der Waals surface area contributed by atoms with E-state index in [1.807, 2.05) is 127 Å². The molecule has 12 rings (SSSR count). The molecule has 0 amide bonds. The summed E-state index contributed by atoms with van der Waals surface area (Å²) in [6.45, 7) is 0. The highest BCUT2D eigenvalue weighted by molar-refractivity contribution is 6.19. The average molecular weight is 761 g/mol. The maximum Gasteiger partial charge on any atom is 0.143 e. The highest BCUT2D eigenvalue weighted by Crippen LogP contribution is 2.45. The van der Waals surface area contributed by atoms with Gasteiger partial charge in [-0.05, 0) is 111 Å². The lowest BCUT2D eigenvalue weighted by Crippen LogP contribution is -2.10. The summed E-state index contributed by atoms with van der Waals surface area (Å²) in [7, 11) is 0. The molecular formula is C56H36N2O. The van der Waals surface area contributed by atoms with Crippen LogP contribution in [0.4, 0.5) is 17.1 Å². The molecule has 0 saturated heterocycles. The minimum Gasteiger partial charge on any atom is -0.455 e. The molecule has 0 bridgehead atoms. The first-order valence-electron chi connectivity index (χ1n) is 23.5. The van der Waals surface area contributed by atoms with E-state index in [0.29, 0.717) is 38.8 Å². The lowest BCUT2D eigenvalue weighted by atomic mass is 10.00. The van der Waals surface area contributed by atoms with Crippen LogP contribution in [0.5, 0.6) is 0 Å². The fourth-order valence-electron chi connectivity index (χ4n) is 8.54. The molecule has 0 aliphatic heterocycles. The smallest absolute Gasteiger partial charge is 0.143 e. The third-order valence-electron chi connectivity index (χ3n) is 11.3. The molecule has 0 N–H and O–H groups in total. The Balaban J connectivity index is 1.11. The van der Waals surface area contributed by atoms with E-state index in [2.05, 4.69) is 16.7 Å². The quantitative estimate of drug-likeness (QED) is 0.168. The Morgan fingerprint density at radius 1 is 0.407 bits per heavy atom. The van der Waals surface area contributed by atoms with Crippen molar-refractivity contribution in [1.82, 2.24) is 4.57 Å². The van der Waals surface area contributed by atoms with Crippen LogP contribution >= 0.6 is 0 Å². The van der Waals surface area contributed by atoms with Crippen molar-refractivity contribution >= 4 is 82.4 Å². The first-order chi connectivity index (χ1) is 32.6. The molecule has 2 aromatic heterocycles. The Morgan fingerprint density at radius 2 is 0.983 bits per heavy atom. The van der Waals surface area contributed by atoms with Gasteiger partial charge in [-0.3, -0.25) is 0 Å². The first kappa shape index (κ1) is 26.1. The molecule has 0 unspecified atom stereocenters. The van der Waals surface area contributed by atoms with Gasteiger partial charge in [-0.15, -0.1) is 0 Å². The van der Waals surface area contributed by atoms with E-state index in [4.69, 9.17) is 4.42 Å². The van der Waals surface area contributed by atoms with Gasteiger partial charge in [0, 0.05) is 38.6 Å². The van der Waals surface area contributed by atoms with E-state index in [1.54, 1.807) is 30.3 Å². The maximum atomic E-state index is 9.83. The number of hydrogen-bond acceptors (Lipinski definition) is 2. The summed E-state index contributed by atoms with van der Waals surface area (Å²) in [5, 5.41) is 7.02. The van der Waals surface area contributed by atoms with Crippen molar-refractivity contribution in [1.29, 1.82) is 0 Å². The normalized spacial score (nSPS) is 13.6. The number of para-hydroxylation sites is 2. The Morgan fingerprint density at radius 3 is 1.69 bits per heavy atom. The molecule has 0 aliphatic rings. The van der Waals surface area contributed by atoms with Gasteiger partial charge >= 0.3 is 0 Å². The highest BCUT2D eigenvalue weighted by atomic mass is 16.3. The predicted octanol–water partition coefficient (Wildman–Crippen LogP) is 15.8. The van der Waals surface area contributed by atoms with Crippen LogP contribution in [0, 0.1) is 0 Å². The predicted molar refractivity (Wildman–Crippen MR) is 249 cm³/mol. The molecule has 3 heteroatoms. The molecular weight excluding hydrogens is 717 g/mol. The SMILES string of the molecule is [2H]c1c([2H])c(N(c2c([2H])c([2H])c(-c3ccc4ccccc4c3)c([2H])c2[2H])c2cccc3oc4c5ccccc5ccc4c23)c([2H])c([2H])c1-c1cccc(-n2c3ccccc3c3ccccc32)c1. The number of nitrogens with zero attached hydrogens (tertiary/aromatic N) is 2. The van der Waals surface area contributed by atoms with Crippen molar-refractivity contribution in [3.63, 3.8) is 0 Å². The third-order valence-corrected chi connectivity index (χ3v) is 11.3. The van der Waals surface area contributed by atoms with Crippen LogP contribution in [0.25, 0.3) is 93.2 Å². The van der Waals surface area contributed by atoms with Crippen molar-refractivity contribution in [2.45, 2.75) is 0 Å². The number of furan rings is 1. The molecule has 0 spiro atoms. The van der Waals surface area contributed by atoms with Gasteiger partial charge in [-0.1, -0.05) is 145 Å². The minimum absolute atomic E-state index is 0.0750. The van der Waals surface area contributed by atoms with Crippen LogP contribution in [0.2, 0.25) is 0 Å². The molecule has 0 atom stereocenters. The van der Waals surface area contributed by atoms with Gasteiger partial charge < -0.3 is 13.9 Å². The summed E-state index contributed by atoms with van der Waals surface area (Å²) >= 11 is 0. The first-order valence-corrected chi connectivity index (χ1v) is 19.5. The molecule has 59 heavy (non-hydrogen) atoms. The molecule has 0 fully saturated rings. The average Bonchev–Trinajstić information content (AvgIpc) is 3.92. The molecule has 0 saturated carbocycles. The van der Waals surface area contributed by atoms with E-state index >= 15 is 0 Å². The minimum atomic E-state index is -0.427. The molecule has 276 valence electrons. The van der Waals surface area contributed by atoms with Crippen molar-refractivity contribution < 1.29 is 15.4 Å². The van der Waals surface area contributed by atoms with Crippen molar-refractivity contribution in [3.05, 3.63) is 218 Å². The monoisotopic (exact) mass is 760 g/mol. The van der Waals surface area contributed by atoms with Gasteiger partial charge in [0.25, 0.3) is 0 Å². The molecule has 12 aromatic rings. The van der Waals surface area contributed by atoms with Gasteiger partial charge in [0.2, 0.25) is 0 Å². The van der Waals surface area contributed by atoms with E-state index < -0.39 is 24.2 Å². The molecule has 2 heterocycles. The Kier molecular flexibility index (Phi) is 5.92. The summed E-state index contributed by atoms with van der Waals surface area (Å²) in [6.07, 6.45) is 0. The second kappa shape index (κ2) is 13.4. The van der Waals surface area contributed by atoms with Crippen LogP contribution < -0.4 is 4.90 Å². The molecule has 0 aliphatic carbocycles. The maximum absolute atomic E-state index is 9.83. The van der Waals surface area contributed by atoms with Crippen LogP contribution in [0.15, 0.2) is 223 Å². The second-order valence-electron chi connectivity index (χ2n) is 14.7. The van der Waals surface area contributed by atoms with Crippen LogP contribution in [0.1, 0.15) is 11.0 Å². The van der Waals surface area contributed by atoms with Crippen LogP contribution in [-0.2, 0) is 0 Å². The molecule has 3 nitrogen and oxygen atoms in total. The van der Waals surface area contributed by atoms with E-state index in [9.17, 15) is 11.0 Å².